The number of nitrogens with zero attached hydrogens (tertiary/aromatic N) is 2. The van der Waals surface area contributed by atoms with E-state index in [2.05, 4.69) is 289 Å². The van der Waals surface area contributed by atoms with E-state index in [1.807, 2.05) is 0 Å². The molecular weight excluding hydrogens is 833 g/mol. The minimum atomic E-state index is -0.638. The summed E-state index contributed by atoms with van der Waals surface area (Å²) in [6.45, 7) is 0. The molecule has 1 unspecified atom stereocenters. The van der Waals surface area contributed by atoms with E-state index in [4.69, 9.17) is 0 Å². The van der Waals surface area contributed by atoms with Crippen LogP contribution in [0.3, 0.4) is 0 Å². The Labute approximate surface area is 404 Å². The number of benzene rings is 11. The predicted octanol–water partition coefficient (Wildman–Crippen LogP) is 18.0. The van der Waals surface area contributed by atoms with Crippen molar-refractivity contribution in [1.82, 2.24) is 0 Å². The zero-order valence-electron chi connectivity index (χ0n) is 38.0. The second-order valence-electron chi connectivity index (χ2n) is 18.0. The van der Waals surface area contributed by atoms with E-state index in [-0.39, 0.29) is 0 Å². The monoisotopic (exact) mass is 878 g/mol. The van der Waals surface area contributed by atoms with Gasteiger partial charge < -0.3 is 9.80 Å². The van der Waals surface area contributed by atoms with Crippen molar-refractivity contribution in [2.24, 2.45) is 0 Å². The van der Waals surface area contributed by atoms with Crippen LogP contribution >= 0.6 is 0 Å². The Kier molecular flexibility index (Phi) is 9.77. The number of para-hydroxylation sites is 4. The average molecular weight is 879 g/mol. The van der Waals surface area contributed by atoms with Crippen molar-refractivity contribution < 1.29 is 0 Å². The summed E-state index contributed by atoms with van der Waals surface area (Å²) < 4.78 is 0. The third-order valence-corrected chi connectivity index (χ3v) is 14.2. The molecule has 11 aromatic rings. The van der Waals surface area contributed by atoms with Crippen molar-refractivity contribution in [3.05, 3.63) is 301 Å². The van der Waals surface area contributed by atoms with Gasteiger partial charge in [0.25, 0.3) is 0 Å². The number of hydrogen-bond acceptors (Lipinski definition) is 2. The fourth-order valence-corrected chi connectivity index (χ4v) is 11.4. The smallest absolute Gasteiger partial charge is 0.0727 e. The molecule has 1 atom stereocenters. The summed E-state index contributed by atoms with van der Waals surface area (Å²) in [4.78, 5) is 4.94. The summed E-state index contributed by atoms with van der Waals surface area (Å²) in [5.74, 6) is 0. The quantitative estimate of drug-likeness (QED) is 0.143. The van der Waals surface area contributed by atoms with Crippen molar-refractivity contribution in [2.75, 3.05) is 9.80 Å². The van der Waals surface area contributed by atoms with Crippen molar-refractivity contribution >= 4 is 34.1 Å². The van der Waals surface area contributed by atoms with Crippen LogP contribution in [0.25, 0.3) is 55.6 Å². The maximum atomic E-state index is 2.53. The van der Waals surface area contributed by atoms with Gasteiger partial charge in [-0.15, -0.1) is 0 Å². The molecule has 0 heterocycles. The molecule has 324 valence electrons. The molecule has 0 saturated carbocycles. The molecular formula is C67H46N2. The van der Waals surface area contributed by atoms with E-state index in [9.17, 15) is 0 Å². The predicted molar refractivity (Wildman–Crippen MR) is 288 cm³/mol. The van der Waals surface area contributed by atoms with Crippen LogP contribution < -0.4 is 9.80 Å². The van der Waals surface area contributed by atoms with Crippen molar-refractivity contribution in [3.63, 3.8) is 0 Å². The molecule has 2 nitrogen and oxygen atoms in total. The Hall–Kier alpha value is -8.98. The van der Waals surface area contributed by atoms with Gasteiger partial charge in [-0.2, -0.15) is 0 Å². The molecule has 0 aliphatic heterocycles. The minimum absolute atomic E-state index is 0.638. The van der Waals surface area contributed by atoms with Crippen LogP contribution in [0, 0.1) is 0 Å². The third kappa shape index (κ3) is 6.48. The second-order valence-corrected chi connectivity index (χ2v) is 18.0. The van der Waals surface area contributed by atoms with Gasteiger partial charge >= 0.3 is 0 Å². The first kappa shape index (κ1) is 40.3. The lowest BCUT2D eigenvalue weighted by Gasteiger charge is -2.34. The molecule has 69 heavy (non-hydrogen) atoms. The van der Waals surface area contributed by atoms with E-state index in [0.717, 1.165) is 56.4 Å². The highest BCUT2D eigenvalue weighted by Gasteiger charge is 2.52. The molecule has 0 fully saturated rings. The Morgan fingerprint density at radius 3 is 1.10 bits per heavy atom. The van der Waals surface area contributed by atoms with Gasteiger partial charge in [0.05, 0.1) is 16.8 Å². The summed E-state index contributed by atoms with van der Waals surface area (Å²) in [6.07, 6.45) is 0. The number of hydrogen-bond donors (Lipinski definition) is 0. The number of anilines is 6. The Balaban J connectivity index is 1.13. The van der Waals surface area contributed by atoms with Crippen LogP contribution in [0.2, 0.25) is 0 Å². The molecule has 0 N–H and O–H groups in total. The lowest BCUT2D eigenvalue weighted by Crippen LogP contribution is -2.26. The standard InChI is InChI=1S/C67H46N2/c1-7-24-47(25-8-1)54-38-23-39-55(48-26-9-2-10-27-48)66(54)69(52-34-17-6-18-35-52)53-42-43-58-56-36-19-21-40-61(56)67(63(58)44-53)62-41-22-20-37-57(62)60-45-59(49-28-11-3-12-29-49)65(46-64(60)67)68(50-30-13-4-14-31-50)51-32-15-5-16-33-51/h1-46H. The van der Waals surface area contributed by atoms with Gasteiger partial charge in [0.2, 0.25) is 0 Å². The zero-order chi connectivity index (χ0) is 45.7. The highest BCUT2D eigenvalue weighted by atomic mass is 15.2. The normalized spacial score (nSPS) is 13.9. The summed E-state index contributed by atoms with van der Waals surface area (Å²) >= 11 is 0. The van der Waals surface area contributed by atoms with Crippen molar-refractivity contribution in [2.45, 2.75) is 5.41 Å². The number of rotatable bonds is 9. The minimum Gasteiger partial charge on any atom is -0.310 e. The van der Waals surface area contributed by atoms with Gasteiger partial charge in [-0.05, 0) is 122 Å². The molecule has 0 saturated heterocycles. The molecule has 2 aliphatic rings. The van der Waals surface area contributed by atoms with Crippen molar-refractivity contribution in [1.29, 1.82) is 0 Å². The summed E-state index contributed by atoms with van der Waals surface area (Å²) in [7, 11) is 0. The highest BCUT2D eigenvalue weighted by molar-refractivity contribution is 6.02. The first-order valence-electron chi connectivity index (χ1n) is 23.8. The first-order chi connectivity index (χ1) is 34.3. The van der Waals surface area contributed by atoms with Gasteiger partial charge in [-0.1, -0.05) is 218 Å². The van der Waals surface area contributed by atoms with Crippen LogP contribution in [-0.2, 0) is 5.41 Å². The molecule has 13 rings (SSSR count). The van der Waals surface area contributed by atoms with Crippen LogP contribution in [0.1, 0.15) is 22.3 Å². The largest absolute Gasteiger partial charge is 0.310 e. The topological polar surface area (TPSA) is 6.48 Å². The van der Waals surface area contributed by atoms with Gasteiger partial charge in [0, 0.05) is 39.4 Å². The van der Waals surface area contributed by atoms with Crippen LogP contribution in [0.15, 0.2) is 279 Å². The fraction of sp³-hybridized carbons (Fsp3) is 0.0149. The molecule has 11 aromatic carbocycles. The SMILES string of the molecule is c1ccc(-c2cc3c(cc2N(c2ccccc2)c2ccccc2)C2(c4ccccc4-c4ccc(N(c5ccccc5)c5c(-c6ccccc6)cccc5-c5ccccc5)cc42)c2ccccc2-3)cc1. The zero-order valence-corrected chi connectivity index (χ0v) is 38.0. The van der Waals surface area contributed by atoms with E-state index in [1.54, 1.807) is 0 Å². The van der Waals surface area contributed by atoms with Gasteiger partial charge in [-0.25, -0.2) is 0 Å². The Morgan fingerprint density at radius 1 is 0.217 bits per heavy atom. The highest BCUT2D eigenvalue weighted by Crippen LogP contribution is 2.65. The van der Waals surface area contributed by atoms with Crippen molar-refractivity contribution in [3.8, 4) is 55.6 Å². The molecule has 2 heteroatoms. The lowest BCUT2D eigenvalue weighted by molar-refractivity contribution is 0.793. The molecule has 0 bridgehead atoms. The molecule has 0 aromatic heterocycles. The second kappa shape index (κ2) is 16.7. The van der Waals surface area contributed by atoms with E-state index < -0.39 is 5.41 Å². The summed E-state index contributed by atoms with van der Waals surface area (Å²) in [6, 6.07) is 102. The molecule has 2 aliphatic carbocycles. The number of fused-ring (bicyclic) bond motifs is 10. The third-order valence-electron chi connectivity index (χ3n) is 14.2. The Morgan fingerprint density at radius 2 is 0.594 bits per heavy atom. The van der Waals surface area contributed by atoms with Crippen LogP contribution in [0.5, 0.6) is 0 Å². The molecule has 1 spiro atoms. The van der Waals surface area contributed by atoms with Crippen LogP contribution in [-0.4, -0.2) is 0 Å². The lowest BCUT2D eigenvalue weighted by atomic mass is 9.70. The van der Waals surface area contributed by atoms with Gasteiger partial charge in [0.15, 0.2) is 0 Å². The van der Waals surface area contributed by atoms with E-state index >= 15 is 0 Å². The summed E-state index contributed by atoms with van der Waals surface area (Å²) in [5, 5.41) is 0. The fourth-order valence-electron chi connectivity index (χ4n) is 11.4. The van der Waals surface area contributed by atoms with Gasteiger partial charge in [-0.3, -0.25) is 0 Å². The average Bonchev–Trinajstić information content (AvgIpc) is 3.89. The summed E-state index contributed by atoms with van der Waals surface area (Å²) in [5.41, 5.74) is 23.2. The maximum absolute atomic E-state index is 2.53. The molecule has 0 amide bonds. The van der Waals surface area contributed by atoms with Gasteiger partial charge in [0.1, 0.15) is 0 Å². The maximum Gasteiger partial charge on any atom is 0.0727 e. The van der Waals surface area contributed by atoms with E-state index in [0.29, 0.717) is 0 Å². The molecule has 0 radical (unpaired) electrons. The Bertz CT molecular complexity index is 3550. The van der Waals surface area contributed by atoms with Crippen LogP contribution in [0.4, 0.5) is 34.1 Å². The van der Waals surface area contributed by atoms with E-state index in [1.165, 1.54) is 55.6 Å². The first-order valence-corrected chi connectivity index (χ1v) is 23.8.